The molecule has 1 amide bonds. The minimum Gasteiger partial charge on any atom is -0.395 e. The van der Waals surface area contributed by atoms with E-state index in [1.165, 1.54) is 11.3 Å². The fourth-order valence-corrected chi connectivity index (χ4v) is 3.62. The Balaban J connectivity index is 1.51. The molecule has 23 heavy (non-hydrogen) atoms. The number of carbonyl (C=O) groups is 1. The van der Waals surface area contributed by atoms with E-state index in [4.69, 9.17) is 0 Å². The van der Waals surface area contributed by atoms with E-state index in [9.17, 15) is 9.90 Å². The standard InChI is InChI=1S/C18H27N3O2/c1-15-4-2-5-16(12-15)19-8-10-20(11-9-19)18(23)13-21-7-3-6-17(21)14-22/h2,4-5,12,17,22H,3,6-11,13-14H2,1H3/t17-/m0/s1. The van der Waals surface area contributed by atoms with Gasteiger partial charge in [-0.3, -0.25) is 9.69 Å². The monoisotopic (exact) mass is 317 g/mol. The van der Waals surface area contributed by atoms with Crippen LogP contribution in [-0.4, -0.2) is 72.7 Å². The maximum absolute atomic E-state index is 12.5. The third-order valence-corrected chi connectivity index (χ3v) is 5.05. The molecular weight excluding hydrogens is 290 g/mol. The molecule has 1 atom stereocenters. The SMILES string of the molecule is Cc1cccc(N2CCN(C(=O)CN3CCC[C@H]3CO)CC2)c1. The van der Waals surface area contributed by atoms with E-state index in [0.29, 0.717) is 6.54 Å². The molecule has 0 radical (unpaired) electrons. The Kier molecular flexibility index (Phi) is 5.18. The van der Waals surface area contributed by atoms with Crippen LogP contribution in [0.4, 0.5) is 5.69 Å². The Morgan fingerprint density at radius 2 is 2.00 bits per heavy atom. The predicted octanol–water partition coefficient (Wildman–Crippen LogP) is 1.10. The number of benzene rings is 1. The van der Waals surface area contributed by atoms with E-state index in [1.54, 1.807) is 0 Å². The van der Waals surface area contributed by atoms with Crippen molar-refractivity contribution in [1.82, 2.24) is 9.80 Å². The minimum absolute atomic E-state index is 0.161. The van der Waals surface area contributed by atoms with Gasteiger partial charge >= 0.3 is 0 Å². The van der Waals surface area contributed by atoms with Gasteiger partial charge in [-0.2, -0.15) is 0 Å². The van der Waals surface area contributed by atoms with Crippen molar-refractivity contribution in [1.29, 1.82) is 0 Å². The molecule has 1 aromatic rings. The summed E-state index contributed by atoms with van der Waals surface area (Å²) >= 11 is 0. The first kappa shape index (κ1) is 16.3. The molecule has 2 aliphatic rings. The van der Waals surface area contributed by atoms with Crippen LogP contribution < -0.4 is 4.90 Å². The average Bonchev–Trinajstić information content (AvgIpc) is 3.02. The molecule has 0 saturated carbocycles. The lowest BCUT2D eigenvalue weighted by Crippen LogP contribution is -2.52. The molecule has 1 N–H and O–H groups in total. The van der Waals surface area contributed by atoms with Gasteiger partial charge in [-0.25, -0.2) is 0 Å². The van der Waals surface area contributed by atoms with Gasteiger partial charge in [-0.05, 0) is 44.0 Å². The number of aryl methyl sites for hydroxylation is 1. The summed E-state index contributed by atoms with van der Waals surface area (Å²) in [5, 5.41) is 9.37. The van der Waals surface area contributed by atoms with Gasteiger partial charge in [0.15, 0.2) is 0 Å². The molecule has 0 bridgehead atoms. The smallest absolute Gasteiger partial charge is 0.236 e. The summed E-state index contributed by atoms with van der Waals surface area (Å²) in [5.41, 5.74) is 2.52. The Hall–Kier alpha value is -1.59. The molecule has 3 rings (SSSR count). The zero-order valence-corrected chi connectivity index (χ0v) is 13.9. The average molecular weight is 317 g/mol. The second-order valence-corrected chi connectivity index (χ2v) is 6.66. The second-order valence-electron chi connectivity index (χ2n) is 6.66. The Labute approximate surface area is 138 Å². The van der Waals surface area contributed by atoms with Crippen molar-refractivity contribution in [2.45, 2.75) is 25.8 Å². The summed E-state index contributed by atoms with van der Waals surface area (Å²) in [5.74, 6) is 0.203. The first-order valence-electron chi connectivity index (χ1n) is 8.61. The van der Waals surface area contributed by atoms with Crippen LogP contribution in [0.2, 0.25) is 0 Å². The lowest BCUT2D eigenvalue weighted by atomic mass is 10.2. The maximum Gasteiger partial charge on any atom is 0.236 e. The third kappa shape index (κ3) is 3.85. The number of aliphatic hydroxyl groups is 1. The number of piperazine rings is 1. The van der Waals surface area contributed by atoms with Gasteiger partial charge in [-0.1, -0.05) is 12.1 Å². The Morgan fingerprint density at radius 1 is 1.22 bits per heavy atom. The number of nitrogens with zero attached hydrogens (tertiary/aromatic N) is 3. The van der Waals surface area contributed by atoms with Crippen LogP contribution in [-0.2, 0) is 4.79 Å². The first-order chi connectivity index (χ1) is 11.2. The number of likely N-dealkylation sites (tertiary alicyclic amines) is 1. The molecule has 0 spiro atoms. The van der Waals surface area contributed by atoms with Crippen molar-refractivity contribution in [3.8, 4) is 0 Å². The number of hydrogen-bond donors (Lipinski definition) is 1. The summed E-state index contributed by atoms with van der Waals surface area (Å²) in [6, 6.07) is 8.71. The van der Waals surface area contributed by atoms with Gasteiger partial charge < -0.3 is 14.9 Å². The van der Waals surface area contributed by atoms with Gasteiger partial charge in [0.25, 0.3) is 0 Å². The van der Waals surface area contributed by atoms with Crippen LogP contribution in [0.3, 0.4) is 0 Å². The number of anilines is 1. The number of amides is 1. The number of rotatable bonds is 4. The van der Waals surface area contributed by atoms with Crippen LogP contribution in [0.5, 0.6) is 0 Å². The lowest BCUT2D eigenvalue weighted by Gasteiger charge is -2.37. The van der Waals surface area contributed by atoms with E-state index in [1.807, 2.05) is 4.90 Å². The molecule has 0 unspecified atom stereocenters. The maximum atomic E-state index is 12.5. The summed E-state index contributed by atoms with van der Waals surface area (Å²) in [7, 11) is 0. The molecule has 126 valence electrons. The second kappa shape index (κ2) is 7.32. The summed E-state index contributed by atoms with van der Waals surface area (Å²) in [6.45, 7) is 6.99. The molecule has 0 aliphatic carbocycles. The van der Waals surface area contributed by atoms with Crippen LogP contribution in [0.25, 0.3) is 0 Å². The zero-order valence-electron chi connectivity index (χ0n) is 13.9. The van der Waals surface area contributed by atoms with Crippen molar-refractivity contribution in [3.63, 3.8) is 0 Å². The van der Waals surface area contributed by atoms with Crippen molar-refractivity contribution in [3.05, 3.63) is 29.8 Å². The minimum atomic E-state index is 0.161. The van der Waals surface area contributed by atoms with Crippen LogP contribution in [0.15, 0.2) is 24.3 Å². The van der Waals surface area contributed by atoms with Crippen molar-refractivity contribution >= 4 is 11.6 Å². The molecule has 2 saturated heterocycles. The van der Waals surface area contributed by atoms with Gasteiger partial charge in [0.05, 0.1) is 13.2 Å². The molecule has 0 aromatic heterocycles. The van der Waals surface area contributed by atoms with E-state index in [0.717, 1.165) is 45.6 Å². The van der Waals surface area contributed by atoms with E-state index >= 15 is 0 Å². The van der Waals surface area contributed by atoms with Gasteiger partial charge in [-0.15, -0.1) is 0 Å². The fraction of sp³-hybridized carbons (Fsp3) is 0.611. The third-order valence-electron chi connectivity index (χ3n) is 5.05. The quantitative estimate of drug-likeness (QED) is 0.903. The van der Waals surface area contributed by atoms with Gasteiger partial charge in [0.2, 0.25) is 5.91 Å². The molecule has 5 heteroatoms. The highest BCUT2D eigenvalue weighted by Gasteiger charge is 2.28. The molecule has 1 aromatic carbocycles. The highest BCUT2D eigenvalue weighted by Crippen LogP contribution is 2.19. The largest absolute Gasteiger partial charge is 0.395 e. The Bertz CT molecular complexity index is 541. The molecule has 2 fully saturated rings. The fourth-order valence-electron chi connectivity index (χ4n) is 3.62. The first-order valence-corrected chi connectivity index (χ1v) is 8.61. The topological polar surface area (TPSA) is 47.0 Å². The number of hydrogen-bond acceptors (Lipinski definition) is 4. The van der Waals surface area contributed by atoms with Crippen molar-refractivity contribution < 1.29 is 9.90 Å². The van der Waals surface area contributed by atoms with Crippen molar-refractivity contribution in [2.24, 2.45) is 0 Å². The summed E-state index contributed by atoms with van der Waals surface area (Å²) < 4.78 is 0. The number of carbonyl (C=O) groups excluding carboxylic acids is 1. The lowest BCUT2D eigenvalue weighted by molar-refractivity contribution is -0.133. The number of aliphatic hydroxyl groups excluding tert-OH is 1. The Morgan fingerprint density at radius 3 is 2.70 bits per heavy atom. The van der Waals surface area contributed by atoms with Crippen LogP contribution >= 0.6 is 0 Å². The summed E-state index contributed by atoms with van der Waals surface area (Å²) in [4.78, 5) is 19.0. The van der Waals surface area contributed by atoms with Gasteiger partial charge in [0.1, 0.15) is 0 Å². The molecule has 2 aliphatic heterocycles. The highest BCUT2D eigenvalue weighted by molar-refractivity contribution is 5.78. The summed E-state index contributed by atoms with van der Waals surface area (Å²) in [6.07, 6.45) is 2.09. The van der Waals surface area contributed by atoms with E-state index in [-0.39, 0.29) is 18.6 Å². The molecule has 2 heterocycles. The van der Waals surface area contributed by atoms with Crippen molar-refractivity contribution in [2.75, 3.05) is 50.8 Å². The highest BCUT2D eigenvalue weighted by atomic mass is 16.3. The predicted molar refractivity (Wildman–Crippen MR) is 91.7 cm³/mol. The normalized spacial score (nSPS) is 22.6. The van der Waals surface area contributed by atoms with Gasteiger partial charge in [0, 0.05) is 37.9 Å². The molecular formula is C18H27N3O2. The molecule has 5 nitrogen and oxygen atoms in total. The van der Waals surface area contributed by atoms with Crippen LogP contribution in [0.1, 0.15) is 18.4 Å². The zero-order chi connectivity index (χ0) is 16.2. The van der Waals surface area contributed by atoms with E-state index < -0.39 is 0 Å². The van der Waals surface area contributed by atoms with Crippen LogP contribution in [0, 0.1) is 6.92 Å². The van der Waals surface area contributed by atoms with E-state index in [2.05, 4.69) is 41.0 Å².